The van der Waals surface area contributed by atoms with E-state index >= 15 is 0 Å². The van der Waals surface area contributed by atoms with Gasteiger partial charge >= 0.3 is 0 Å². The number of hydrogen-bond donors (Lipinski definition) is 2. The molecule has 1 unspecified atom stereocenters. The quantitative estimate of drug-likeness (QED) is 0.205. The van der Waals surface area contributed by atoms with E-state index in [4.69, 9.17) is 15.7 Å². The highest BCUT2D eigenvalue weighted by Crippen LogP contribution is 2.01. The van der Waals surface area contributed by atoms with Gasteiger partial charge in [-0.2, -0.15) is 0 Å². The molecule has 0 aromatic heterocycles. The number of ether oxygens (including phenoxy) is 1. The zero-order chi connectivity index (χ0) is 12.4. The van der Waals surface area contributed by atoms with E-state index in [1.165, 1.54) is 0 Å². The second-order valence-electron chi connectivity index (χ2n) is 3.87. The molecule has 0 saturated heterocycles. The molecule has 0 aliphatic heterocycles. The van der Waals surface area contributed by atoms with Gasteiger partial charge in [-0.3, -0.25) is 0 Å². The topological polar surface area (TPSA) is 71.1 Å². The zero-order valence-electron chi connectivity index (χ0n) is 10.6. The predicted molar refractivity (Wildman–Crippen MR) is 65.8 cm³/mol. The summed E-state index contributed by atoms with van der Waals surface area (Å²) in [5.74, 6) is 0.375. The molecule has 0 radical (unpaired) electrons. The normalized spacial score (nSPS) is 14.4. The fourth-order valence-electron chi connectivity index (χ4n) is 1.49. The van der Waals surface area contributed by atoms with Crippen molar-refractivity contribution < 1.29 is 9.94 Å². The first kappa shape index (κ1) is 15.2. The Morgan fingerprint density at radius 2 is 2.19 bits per heavy atom. The lowest BCUT2D eigenvalue weighted by molar-refractivity contribution is 0.131. The van der Waals surface area contributed by atoms with Gasteiger partial charge < -0.3 is 20.6 Å². The van der Waals surface area contributed by atoms with Crippen molar-refractivity contribution in [2.45, 2.75) is 27.2 Å². The van der Waals surface area contributed by atoms with Crippen LogP contribution in [0.3, 0.4) is 0 Å². The maximum absolute atomic E-state index is 8.56. The van der Waals surface area contributed by atoms with Gasteiger partial charge in [0.2, 0.25) is 0 Å². The molecule has 96 valence electrons. The molecule has 3 N–H and O–H groups in total. The fraction of sp³-hybridized carbons (Fsp3) is 0.909. The minimum Gasteiger partial charge on any atom is -0.409 e. The second kappa shape index (κ2) is 9.42. The number of oxime groups is 1. The molecular formula is C11H25N3O2. The molecule has 1 atom stereocenters. The van der Waals surface area contributed by atoms with Crippen LogP contribution < -0.4 is 5.73 Å². The highest BCUT2D eigenvalue weighted by Gasteiger charge is 2.12. The predicted octanol–water partition coefficient (Wildman–Crippen LogP) is 1.12. The van der Waals surface area contributed by atoms with E-state index in [2.05, 4.69) is 17.0 Å². The Morgan fingerprint density at radius 1 is 1.50 bits per heavy atom. The molecule has 5 heteroatoms. The maximum atomic E-state index is 8.56. The summed E-state index contributed by atoms with van der Waals surface area (Å²) in [5, 5.41) is 11.6. The van der Waals surface area contributed by atoms with Gasteiger partial charge in [-0.15, -0.1) is 0 Å². The summed E-state index contributed by atoms with van der Waals surface area (Å²) in [6, 6.07) is 0. The van der Waals surface area contributed by atoms with Crippen LogP contribution in [0.4, 0.5) is 0 Å². The molecule has 0 fully saturated rings. The van der Waals surface area contributed by atoms with E-state index < -0.39 is 0 Å². The van der Waals surface area contributed by atoms with E-state index in [1.54, 1.807) is 0 Å². The molecule has 0 aliphatic carbocycles. The van der Waals surface area contributed by atoms with E-state index in [1.807, 2.05) is 13.8 Å². The van der Waals surface area contributed by atoms with Crippen LogP contribution in [0.25, 0.3) is 0 Å². The van der Waals surface area contributed by atoms with Crippen LogP contribution in [0.15, 0.2) is 5.16 Å². The third-order valence-electron chi connectivity index (χ3n) is 2.57. The molecule has 0 spiro atoms. The first-order valence-electron chi connectivity index (χ1n) is 5.93. The van der Waals surface area contributed by atoms with Gasteiger partial charge in [-0.25, -0.2) is 0 Å². The molecule has 0 heterocycles. The van der Waals surface area contributed by atoms with Crippen LogP contribution >= 0.6 is 0 Å². The van der Waals surface area contributed by atoms with Crippen LogP contribution in [-0.2, 0) is 4.74 Å². The van der Waals surface area contributed by atoms with Gasteiger partial charge in [0, 0.05) is 32.2 Å². The lowest BCUT2D eigenvalue weighted by Gasteiger charge is -2.23. The number of rotatable bonds is 9. The smallest absolute Gasteiger partial charge is 0.143 e. The van der Waals surface area contributed by atoms with Crippen LogP contribution in [0.2, 0.25) is 0 Å². The average molecular weight is 231 g/mol. The molecule has 5 nitrogen and oxygen atoms in total. The summed E-state index contributed by atoms with van der Waals surface area (Å²) in [5.41, 5.74) is 5.54. The number of nitrogens with two attached hydrogens (primary N) is 1. The van der Waals surface area contributed by atoms with Gasteiger partial charge in [0.15, 0.2) is 0 Å². The van der Waals surface area contributed by atoms with Gasteiger partial charge in [0.05, 0.1) is 0 Å². The summed E-state index contributed by atoms with van der Waals surface area (Å²) >= 11 is 0. The maximum Gasteiger partial charge on any atom is 0.143 e. The minimum absolute atomic E-state index is 0.0806. The summed E-state index contributed by atoms with van der Waals surface area (Å²) in [6.45, 7) is 10.4. The van der Waals surface area contributed by atoms with Crippen molar-refractivity contribution in [3.8, 4) is 0 Å². The van der Waals surface area contributed by atoms with Crippen molar-refractivity contribution in [3.63, 3.8) is 0 Å². The Hall–Kier alpha value is -0.810. The zero-order valence-corrected chi connectivity index (χ0v) is 10.6. The van der Waals surface area contributed by atoms with Crippen molar-refractivity contribution in [2.75, 3.05) is 32.8 Å². The van der Waals surface area contributed by atoms with Gasteiger partial charge in [0.1, 0.15) is 5.84 Å². The Morgan fingerprint density at radius 3 is 2.69 bits per heavy atom. The van der Waals surface area contributed by atoms with Crippen LogP contribution in [-0.4, -0.2) is 48.8 Å². The van der Waals surface area contributed by atoms with Gasteiger partial charge in [0.25, 0.3) is 0 Å². The minimum atomic E-state index is 0.0806. The molecule has 0 saturated carbocycles. The van der Waals surface area contributed by atoms with Crippen molar-refractivity contribution in [3.05, 3.63) is 0 Å². The number of nitrogens with zero attached hydrogens (tertiary/aromatic N) is 2. The molecule has 0 aromatic carbocycles. The molecule has 0 aliphatic rings. The Kier molecular flexibility index (Phi) is 8.94. The largest absolute Gasteiger partial charge is 0.409 e. The lowest BCUT2D eigenvalue weighted by Crippen LogP contribution is -2.35. The Labute approximate surface area is 98.2 Å². The highest BCUT2D eigenvalue weighted by molar-refractivity contribution is 5.82. The van der Waals surface area contributed by atoms with Crippen LogP contribution in [0, 0.1) is 5.92 Å². The monoisotopic (exact) mass is 231 g/mol. The highest BCUT2D eigenvalue weighted by atomic mass is 16.5. The third-order valence-corrected chi connectivity index (χ3v) is 2.57. The summed E-state index contributed by atoms with van der Waals surface area (Å²) in [7, 11) is 0. The standard InChI is InChI=1S/C11H25N3O2/c1-4-14(7-6-8-16-5-2)9-10(3)11(12)13-15/h10,15H,4-9H2,1-3H3,(H2,12,13). The van der Waals surface area contributed by atoms with Crippen molar-refractivity contribution >= 4 is 5.84 Å². The molecule has 0 bridgehead atoms. The number of amidine groups is 1. The first-order chi connectivity index (χ1) is 7.65. The lowest BCUT2D eigenvalue weighted by atomic mass is 10.1. The van der Waals surface area contributed by atoms with Crippen molar-refractivity contribution in [1.82, 2.24) is 4.90 Å². The number of hydrogen-bond acceptors (Lipinski definition) is 4. The van der Waals surface area contributed by atoms with Crippen LogP contribution in [0.5, 0.6) is 0 Å². The summed E-state index contributed by atoms with van der Waals surface area (Å²) in [4.78, 5) is 2.28. The van der Waals surface area contributed by atoms with E-state index in [0.717, 1.165) is 39.3 Å². The SMILES string of the molecule is CCOCCCN(CC)CC(C)C(N)=NO. The molecule has 0 aromatic rings. The second-order valence-corrected chi connectivity index (χ2v) is 3.87. The van der Waals surface area contributed by atoms with Crippen molar-refractivity contribution in [2.24, 2.45) is 16.8 Å². The van der Waals surface area contributed by atoms with Crippen LogP contribution in [0.1, 0.15) is 27.2 Å². The van der Waals surface area contributed by atoms with Gasteiger partial charge in [-0.1, -0.05) is 19.0 Å². The van der Waals surface area contributed by atoms with Gasteiger partial charge in [-0.05, 0) is 19.9 Å². The van der Waals surface area contributed by atoms with E-state index in [0.29, 0.717) is 5.84 Å². The molecular weight excluding hydrogens is 206 g/mol. The fourth-order valence-corrected chi connectivity index (χ4v) is 1.49. The molecule has 0 amide bonds. The molecule has 0 rings (SSSR count). The average Bonchev–Trinajstić information content (AvgIpc) is 2.31. The summed E-state index contributed by atoms with van der Waals surface area (Å²) in [6.07, 6.45) is 1.02. The van der Waals surface area contributed by atoms with E-state index in [-0.39, 0.29) is 5.92 Å². The Bertz CT molecular complexity index is 198. The van der Waals surface area contributed by atoms with E-state index in [9.17, 15) is 0 Å². The Balaban J connectivity index is 3.82. The van der Waals surface area contributed by atoms with Crippen molar-refractivity contribution in [1.29, 1.82) is 0 Å². The first-order valence-corrected chi connectivity index (χ1v) is 5.93. The summed E-state index contributed by atoms with van der Waals surface area (Å²) < 4.78 is 5.29. The third kappa shape index (κ3) is 6.63. The molecule has 16 heavy (non-hydrogen) atoms.